The van der Waals surface area contributed by atoms with Gasteiger partial charge in [-0.2, -0.15) is 0 Å². The number of methoxy groups -OCH3 is 2. The molecule has 0 saturated heterocycles. The zero-order chi connectivity index (χ0) is 33.8. The van der Waals surface area contributed by atoms with Crippen LogP contribution in [-0.2, 0) is 31.3 Å². The van der Waals surface area contributed by atoms with Gasteiger partial charge >= 0.3 is 0 Å². The van der Waals surface area contributed by atoms with Gasteiger partial charge in [-0.05, 0) is 84.3 Å². The quantitative estimate of drug-likeness (QED) is 0.163. The summed E-state index contributed by atoms with van der Waals surface area (Å²) in [7, 11) is -5.43. The Hall–Kier alpha value is -5.05. The molecule has 244 valence electrons. The zero-order valence-electron chi connectivity index (χ0n) is 25.1. The van der Waals surface area contributed by atoms with E-state index in [0.29, 0.717) is 22.7 Å². The van der Waals surface area contributed by atoms with Gasteiger partial charge in [0.25, 0.3) is 31.9 Å². The molecule has 0 fully saturated rings. The Labute approximate surface area is 277 Å². The number of sulfonamides is 2. The Kier molecular flexibility index (Phi) is 9.75. The number of hydrazine groups is 1. The van der Waals surface area contributed by atoms with Crippen LogP contribution in [0.5, 0.6) is 11.5 Å². The van der Waals surface area contributed by atoms with E-state index in [2.05, 4.69) is 15.6 Å². The maximum atomic E-state index is 13.8. The molecule has 12 nitrogen and oxygen atoms in total. The van der Waals surface area contributed by atoms with Crippen LogP contribution < -0.4 is 29.4 Å². The van der Waals surface area contributed by atoms with Crippen molar-refractivity contribution in [1.82, 2.24) is 10.9 Å². The van der Waals surface area contributed by atoms with Crippen LogP contribution in [0.3, 0.4) is 0 Å². The highest BCUT2D eigenvalue weighted by Gasteiger charge is 2.34. The minimum Gasteiger partial charge on any atom is -0.493 e. The minimum absolute atomic E-state index is 0.0124. The van der Waals surface area contributed by atoms with Crippen molar-refractivity contribution >= 4 is 60.9 Å². The maximum Gasteiger partial charge on any atom is 0.269 e. The van der Waals surface area contributed by atoms with Crippen LogP contribution >= 0.6 is 11.6 Å². The summed E-state index contributed by atoms with van der Waals surface area (Å²) >= 11 is 5.85. The SMILES string of the molecule is COc1cc(/C=C/C(=O)NNC(=O)c2cccc(S(=O)(=O)Nc3ccc(Cl)cc3)c2)cc(S(=O)(=O)N2CCc3ccccc32)c1OC. The van der Waals surface area contributed by atoms with Gasteiger partial charge in [0.1, 0.15) is 4.90 Å². The second-order valence-electron chi connectivity index (χ2n) is 10.1. The number of hydrogen-bond donors (Lipinski definition) is 3. The Morgan fingerprint density at radius 3 is 2.34 bits per heavy atom. The monoisotopic (exact) mass is 696 g/mol. The Bertz CT molecular complexity index is 2090. The molecule has 0 saturated carbocycles. The fourth-order valence-electron chi connectivity index (χ4n) is 4.85. The summed E-state index contributed by atoms with van der Waals surface area (Å²) in [6, 6.07) is 21.4. The molecular weight excluding hydrogens is 668 g/mol. The average molecular weight is 697 g/mol. The van der Waals surface area contributed by atoms with Gasteiger partial charge in [-0.15, -0.1) is 0 Å². The molecule has 1 aliphatic heterocycles. The van der Waals surface area contributed by atoms with Crippen molar-refractivity contribution in [3.05, 3.63) is 113 Å². The van der Waals surface area contributed by atoms with E-state index >= 15 is 0 Å². The molecule has 5 rings (SSSR count). The Balaban J connectivity index is 1.29. The molecular formula is C32H29ClN4O8S2. The van der Waals surface area contributed by atoms with Crippen molar-refractivity contribution in [3.8, 4) is 11.5 Å². The number of carbonyl (C=O) groups excluding carboxylic acids is 2. The third-order valence-corrected chi connectivity index (χ3v) is 10.6. The molecule has 0 aliphatic carbocycles. The molecule has 47 heavy (non-hydrogen) atoms. The molecule has 3 N–H and O–H groups in total. The fourth-order valence-corrected chi connectivity index (χ4v) is 7.79. The van der Waals surface area contributed by atoms with Gasteiger partial charge < -0.3 is 9.47 Å². The van der Waals surface area contributed by atoms with Crippen molar-refractivity contribution < 1.29 is 35.9 Å². The first-order valence-electron chi connectivity index (χ1n) is 14.0. The van der Waals surface area contributed by atoms with Crippen LogP contribution in [0.15, 0.2) is 101 Å². The van der Waals surface area contributed by atoms with E-state index in [4.69, 9.17) is 21.1 Å². The van der Waals surface area contributed by atoms with Gasteiger partial charge in [0.05, 0.1) is 24.8 Å². The summed E-state index contributed by atoms with van der Waals surface area (Å²) < 4.78 is 67.9. The Morgan fingerprint density at radius 1 is 0.872 bits per heavy atom. The standard InChI is InChI=1S/C32H29ClN4O8S2/c1-44-28-18-21(19-29(31(28)45-2)47(42,43)37-17-16-22-6-3-4-9-27(22)37)10-15-30(38)34-35-32(39)23-7-5-8-26(20-23)46(40,41)36-25-13-11-24(33)12-14-25/h3-15,18-20,36H,16-17H2,1-2H3,(H,34,38)(H,35,39)/b15-10+. The topological polar surface area (TPSA) is 160 Å². The Morgan fingerprint density at radius 2 is 1.62 bits per heavy atom. The molecule has 4 aromatic carbocycles. The third-order valence-electron chi connectivity index (χ3n) is 7.11. The molecule has 0 spiro atoms. The summed E-state index contributed by atoms with van der Waals surface area (Å²) in [5.74, 6) is -1.38. The number of amides is 2. The third kappa shape index (κ3) is 7.35. The van der Waals surface area contributed by atoms with Crippen LogP contribution in [0.2, 0.25) is 5.02 Å². The van der Waals surface area contributed by atoms with Crippen molar-refractivity contribution in [3.63, 3.8) is 0 Å². The molecule has 0 unspecified atom stereocenters. The van der Waals surface area contributed by atoms with Crippen LogP contribution in [0.4, 0.5) is 11.4 Å². The minimum atomic E-state index is -4.09. The largest absolute Gasteiger partial charge is 0.493 e. The molecule has 4 aromatic rings. The number of rotatable bonds is 10. The van der Waals surface area contributed by atoms with Crippen LogP contribution in [0.25, 0.3) is 6.08 Å². The van der Waals surface area contributed by atoms with Crippen LogP contribution in [0.1, 0.15) is 21.5 Å². The summed E-state index contributed by atoms with van der Waals surface area (Å²) in [5, 5.41) is 0.439. The van der Waals surface area contributed by atoms with E-state index in [0.717, 1.165) is 17.7 Å². The van der Waals surface area contributed by atoms with E-state index < -0.39 is 31.9 Å². The number of nitrogens with one attached hydrogen (secondary N) is 3. The zero-order valence-corrected chi connectivity index (χ0v) is 27.4. The fraction of sp³-hybridized carbons (Fsp3) is 0.125. The van der Waals surface area contributed by atoms with Gasteiger partial charge in [0.2, 0.25) is 0 Å². The highest BCUT2D eigenvalue weighted by Crippen LogP contribution is 2.40. The second-order valence-corrected chi connectivity index (χ2v) is 14.1. The summed E-state index contributed by atoms with van der Waals surface area (Å²) in [6.45, 7) is 0.253. The van der Waals surface area contributed by atoms with Crippen LogP contribution in [-0.4, -0.2) is 49.4 Å². The number of fused-ring (bicyclic) bond motifs is 1. The van der Waals surface area contributed by atoms with Gasteiger partial charge in [0.15, 0.2) is 11.5 Å². The summed E-state index contributed by atoms with van der Waals surface area (Å²) in [5.41, 5.74) is 6.48. The number of hydrogen-bond acceptors (Lipinski definition) is 8. The second kappa shape index (κ2) is 13.7. The van der Waals surface area contributed by atoms with Crippen molar-refractivity contribution in [2.75, 3.05) is 29.8 Å². The van der Waals surface area contributed by atoms with Gasteiger partial charge in [-0.1, -0.05) is 35.9 Å². The van der Waals surface area contributed by atoms with Crippen LogP contribution in [0, 0.1) is 0 Å². The molecule has 15 heteroatoms. The van der Waals surface area contributed by atoms with Gasteiger partial charge in [-0.25, -0.2) is 16.8 Å². The predicted octanol–water partition coefficient (Wildman–Crippen LogP) is 4.38. The van der Waals surface area contributed by atoms with E-state index in [1.54, 1.807) is 12.1 Å². The maximum absolute atomic E-state index is 13.8. The molecule has 0 radical (unpaired) electrons. The number of benzene rings is 4. The molecule has 1 aliphatic rings. The lowest BCUT2D eigenvalue weighted by atomic mass is 10.2. The number of halogens is 1. The van der Waals surface area contributed by atoms with Crippen molar-refractivity contribution in [2.24, 2.45) is 0 Å². The average Bonchev–Trinajstić information content (AvgIpc) is 3.52. The smallest absolute Gasteiger partial charge is 0.269 e. The number of anilines is 2. The van der Waals surface area contributed by atoms with Gasteiger partial charge in [-0.3, -0.25) is 29.5 Å². The lowest BCUT2D eigenvalue weighted by Gasteiger charge is -2.22. The number of carbonyl (C=O) groups is 2. The summed E-state index contributed by atoms with van der Waals surface area (Å²) in [4.78, 5) is 25.0. The molecule has 2 amide bonds. The first-order valence-corrected chi connectivity index (χ1v) is 17.3. The van der Waals surface area contributed by atoms with Gasteiger partial charge in [0, 0.05) is 28.9 Å². The van der Waals surface area contributed by atoms with E-state index in [1.807, 2.05) is 12.1 Å². The number of para-hydroxylation sites is 1. The van der Waals surface area contributed by atoms with E-state index in [9.17, 15) is 26.4 Å². The number of ether oxygens (including phenoxy) is 2. The van der Waals surface area contributed by atoms with E-state index in [1.165, 1.54) is 79.2 Å². The molecule has 0 atom stereocenters. The first kappa shape index (κ1) is 33.3. The summed E-state index contributed by atoms with van der Waals surface area (Å²) in [6.07, 6.45) is 2.98. The number of nitrogens with zero attached hydrogens (tertiary/aromatic N) is 1. The highest BCUT2D eigenvalue weighted by atomic mass is 35.5. The van der Waals surface area contributed by atoms with Crippen molar-refractivity contribution in [1.29, 1.82) is 0 Å². The molecule has 0 aromatic heterocycles. The predicted molar refractivity (Wildman–Crippen MR) is 178 cm³/mol. The molecule has 0 bridgehead atoms. The highest BCUT2D eigenvalue weighted by molar-refractivity contribution is 7.93. The lowest BCUT2D eigenvalue weighted by molar-refractivity contribution is -0.117. The lowest BCUT2D eigenvalue weighted by Crippen LogP contribution is -2.40. The van der Waals surface area contributed by atoms with Crippen molar-refractivity contribution in [2.45, 2.75) is 16.2 Å². The molecule has 1 heterocycles. The first-order chi connectivity index (χ1) is 22.4. The normalized spacial score (nSPS) is 12.8. The van der Waals surface area contributed by atoms with E-state index in [-0.39, 0.29) is 39.1 Å².